The summed E-state index contributed by atoms with van der Waals surface area (Å²) in [5.41, 5.74) is 1.23. The Morgan fingerprint density at radius 2 is 1.75 bits per heavy atom. The number of carboxylic acid groups (broad SMARTS) is 1. The van der Waals surface area contributed by atoms with Gasteiger partial charge in [0.25, 0.3) is 0 Å². The van der Waals surface area contributed by atoms with E-state index in [1.807, 2.05) is 6.07 Å². The zero-order valence-corrected chi connectivity index (χ0v) is 22.6. The normalized spacial score (nSPS) is 16.9. The molecular weight excluding hydrogens is 518 g/mol. The van der Waals surface area contributed by atoms with E-state index >= 15 is 0 Å². The molecule has 0 bridgehead atoms. The van der Waals surface area contributed by atoms with Crippen molar-refractivity contribution in [2.75, 3.05) is 13.1 Å². The molecule has 7 N–H and O–H groups in total. The molecule has 1 aliphatic rings. The monoisotopic (exact) mass is 555 g/mol. The molecule has 1 aliphatic heterocycles. The molecule has 0 unspecified atom stereocenters. The summed E-state index contributed by atoms with van der Waals surface area (Å²) in [5, 5.41) is 22.9. The van der Waals surface area contributed by atoms with Crippen molar-refractivity contribution in [3.8, 4) is 0 Å². The first-order valence-electron chi connectivity index (χ1n) is 13.3. The van der Waals surface area contributed by atoms with E-state index in [4.69, 9.17) is 0 Å². The first kappa shape index (κ1) is 30.3. The number of hydrogen-bond acceptors (Lipinski definition) is 7. The third kappa shape index (κ3) is 9.19. The smallest absolute Gasteiger partial charge is 0.326 e. The molecule has 0 aliphatic carbocycles. The lowest BCUT2D eigenvalue weighted by molar-refractivity contribution is -0.141. The highest BCUT2D eigenvalue weighted by molar-refractivity contribution is 5.94. The fourth-order valence-electron chi connectivity index (χ4n) is 4.37. The summed E-state index contributed by atoms with van der Waals surface area (Å²) in [6, 6.07) is 5.51. The Kier molecular flexibility index (Phi) is 11.2. The summed E-state index contributed by atoms with van der Waals surface area (Å²) in [6.45, 7) is 3.83. The van der Waals surface area contributed by atoms with E-state index in [1.165, 1.54) is 12.5 Å². The SMILES string of the molecule is CC(C)[C@H](NC(=O)[C@@H]1CCCN1)C(=O)N[C@@H](Cc1ccccc1)C(=O)NCC(=O)N[C@@H](Cc1c[nH]cn1)C(=O)O. The second kappa shape index (κ2) is 14.8. The molecule has 0 saturated carbocycles. The molecule has 4 atom stereocenters. The summed E-state index contributed by atoms with van der Waals surface area (Å²) in [5.74, 6) is -3.62. The third-order valence-corrected chi connectivity index (χ3v) is 6.56. The zero-order valence-electron chi connectivity index (χ0n) is 22.6. The molecule has 1 fully saturated rings. The van der Waals surface area contributed by atoms with Crippen molar-refractivity contribution in [2.24, 2.45) is 5.92 Å². The maximum atomic E-state index is 13.3. The molecular formula is C27H37N7O6. The van der Waals surface area contributed by atoms with E-state index in [1.54, 1.807) is 38.1 Å². The van der Waals surface area contributed by atoms with Gasteiger partial charge in [0.1, 0.15) is 18.1 Å². The first-order valence-corrected chi connectivity index (χ1v) is 13.3. The predicted octanol–water partition coefficient (Wildman–Crippen LogP) is -0.742. The van der Waals surface area contributed by atoms with Crippen molar-refractivity contribution < 1.29 is 29.1 Å². The Bertz CT molecular complexity index is 1150. The minimum atomic E-state index is -1.24. The number of carbonyl (C=O) groups is 5. The summed E-state index contributed by atoms with van der Waals surface area (Å²) >= 11 is 0. The van der Waals surface area contributed by atoms with E-state index in [9.17, 15) is 29.1 Å². The molecule has 13 heteroatoms. The number of rotatable bonds is 14. The number of nitrogens with one attached hydrogen (secondary N) is 6. The quantitative estimate of drug-likeness (QED) is 0.158. The van der Waals surface area contributed by atoms with E-state index in [-0.39, 0.29) is 30.7 Å². The van der Waals surface area contributed by atoms with Crippen LogP contribution in [0.5, 0.6) is 0 Å². The van der Waals surface area contributed by atoms with Gasteiger partial charge in [-0.2, -0.15) is 0 Å². The van der Waals surface area contributed by atoms with Gasteiger partial charge in [-0.25, -0.2) is 9.78 Å². The predicted molar refractivity (Wildman–Crippen MR) is 145 cm³/mol. The van der Waals surface area contributed by atoms with Gasteiger partial charge in [0.15, 0.2) is 0 Å². The van der Waals surface area contributed by atoms with E-state index in [2.05, 4.69) is 36.6 Å². The highest BCUT2D eigenvalue weighted by Crippen LogP contribution is 2.10. The van der Waals surface area contributed by atoms with Crippen LogP contribution in [-0.2, 0) is 36.8 Å². The number of nitrogens with zero attached hydrogens (tertiary/aromatic N) is 1. The lowest BCUT2D eigenvalue weighted by Gasteiger charge is -2.26. The average Bonchev–Trinajstić information content (AvgIpc) is 3.64. The Hall–Kier alpha value is -4.26. The number of aromatic amines is 1. The van der Waals surface area contributed by atoms with Crippen LogP contribution in [-0.4, -0.2) is 81.9 Å². The maximum Gasteiger partial charge on any atom is 0.326 e. The van der Waals surface area contributed by atoms with Crippen LogP contribution in [0.15, 0.2) is 42.9 Å². The highest BCUT2D eigenvalue weighted by Gasteiger charge is 2.32. The summed E-state index contributed by atoms with van der Waals surface area (Å²) < 4.78 is 0. The van der Waals surface area contributed by atoms with Gasteiger partial charge < -0.3 is 36.7 Å². The molecule has 4 amide bonds. The molecule has 2 aromatic rings. The number of imidazole rings is 1. The minimum Gasteiger partial charge on any atom is -0.480 e. The molecule has 13 nitrogen and oxygen atoms in total. The largest absolute Gasteiger partial charge is 0.480 e. The second-order valence-corrected chi connectivity index (χ2v) is 10.1. The van der Waals surface area contributed by atoms with Crippen molar-refractivity contribution in [3.63, 3.8) is 0 Å². The van der Waals surface area contributed by atoms with Crippen LogP contribution in [0.25, 0.3) is 0 Å². The number of benzene rings is 1. The number of aromatic nitrogens is 2. The van der Waals surface area contributed by atoms with Crippen molar-refractivity contribution in [2.45, 2.75) is 63.7 Å². The van der Waals surface area contributed by atoms with Crippen molar-refractivity contribution in [1.82, 2.24) is 36.6 Å². The Morgan fingerprint density at radius 1 is 1.00 bits per heavy atom. The van der Waals surface area contributed by atoms with Crippen molar-refractivity contribution >= 4 is 29.6 Å². The number of hydrogen-bond donors (Lipinski definition) is 7. The van der Waals surface area contributed by atoms with Gasteiger partial charge in [0, 0.05) is 19.0 Å². The Morgan fingerprint density at radius 3 is 2.35 bits per heavy atom. The molecule has 216 valence electrons. The van der Waals surface area contributed by atoms with E-state index < -0.39 is 48.4 Å². The van der Waals surface area contributed by atoms with Gasteiger partial charge in [-0.3, -0.25) is 19.2 Å². The maximum absolute atomic E-state index is 13.3. The Labute approximate surface area is 232 Å². The number of carboxylic acids is 1. The van der Waals surface area contributed by atoms with Crippen LogP contribution in [0.2, 0.25) is 0 Å². The summed E-state index contributed by atoms with van der Waals surface area (Å²) in [4.78, 5) is 69.8. The lowest BCUT2D eigenvalue weighted by Crippen LogP contribution is -2.58. The van der Waals surface area contributed by atoms with Crippen LogP contribution in [0.4, 0.5) is 0 Å². The molecule has 2 heterocycles. The van der Waals surface area contributed by atoms with Gasteiger partial charge >= 0.3 is 5.97 Å². The number of carbonyl (C=O) groups excluding carboxylic acids is 4. The number of amides is 4. The van der Waals surface area contributed by atoms with Crippen LogP contribution >= 0.6 is 0 Å². The van der Waals surface area contributed by atoms with Gasteiger partial charge in [-0.05, 0) is 30.9 Å². The van der Waals surface area contributed by atoms with Gasteiger partial charge in [0.2, 0.25) is 23.6 Å². The van der Waals surface area contributed by atoms with Gasteiger partial charge in [0.05, 0.1) is 24.6 Å². The molecule has 3 rings (SSSR count). The summed E-state index contributed by atoms with van der Waals surface area (Å²) in [7, 11) is 0. The van der Waals surface area contributed by atoms with Crippen molar-refractivity contribution in [3.05, 3.63) is 54.1 Å². The topological polar surface area (TPSA) is 194 Å². The Balaban J connectivity index is 1.64. The van der Waals surface area contributed by atoms with E-state index in [0.717, 1.165) is 18.5 Å². The molecule has 1 saturated heterocycles. The lowest BCUT2D eigenvalue weighted by atomic mass is 10.0. The zero-order chi connectivity index (χ0) is 29.1. The van der Waals surface area contributed by atoms with Gasteiger partial charge in [-0.15, -0.1) is 0 Å². The second-order valence-electron chi connectivity index (χ2n) is 10.1. The fraction of sp³-hybridized carbons (Fsp3) is 0.481. The van der Waals surface area contributed by atoms with Crippen LogP contribution in [0, 0.1) is 5.92 Å². The fourth-order valence-corrected chi connectivity index (χ4v) is 4.37. The number of H-pyrrole nitrogens is 1. The molecule has 1 aromatic heterocycles. The van der Waals surface area contributed by atoms with Crippen LogP contribution in [0.1, 0.15) is 37.9 Å². The minimum absolute atomic E-state index is 0.0378. The molecule has 0 spiro atoms. The van der Waals surface area contributed by atoms with Crippen LogP contribution in [0.3, 0.4) is 0 Å². The number of aliphatic carboxylic acids is 1. The highest BCUT2D eigenvalue weighted by atomic mass is 16.4. The summed E-state index contributed by atoms with van der Waals surface area (Å²) in [6.07, 6.45) is 4.59. The molecule has 1 aromatic carbocycles. The van der Waals surface area contributed by atoms with Crippen molar-refractivity contribution in [1.29, 1.82) is 0 Å². The first-order chi connectivity index (χ1) is 19.1. The average molecular weight is 556 g/mol. The standard InChI is InChI=1S/C27H37N7O6/c1-16(2)23(34-25(37)19-9-6-10-29-19)26(38)33-20(11-17-7-4-3-5-8-17)24(36)30-14-22(35)32-21(27(39)40)12-18-13-28-15-31-18/h3-5,7-8,13,15-16,19-21,23,29H,6,9-12,14H2,1-2H3,(H,28,31)(H,30,36)(H,32,35)(H,33,38)(H,34,37)(H,39,40)/t19-,20-,21-,23-/m0/s1. The molecule has 40 heavy (non-hydrogen) atoms. The van der Waals surface area contributed by atoms with Crippen LogP contribution < -0.4 is 26.6 Å². The van der Waals surface area contributed by atoms with E-state index in [0.29, 0.717) is 12.1 Å². The van der Waals surface area contributed by atoms with Gasteiger partial charge in [-0.1, -0.05) is 44.2 Å². The molecule has 0 radical (unpaired) electrons. The third-order valence-electron chi connectivity index (χ3n) is 6.56.